The molecule has 1 heterocycles. The number of hydrogen-bond donors (Lipinski definition) is 0. The van der Waals surface area contributed by atoms with Crippen LogP contribution in [0.25, 0.3) is 6.08 Å². The number of benzene rings is 2. The molecule has 2 aromatic carbocycles. The number of carbonyl (C=O) groups is 1. The highest BCUT2D eigenvalue weighted by atomic mass is 127. The van der Waals surface area contributed by atoms with E-state index in [1.807, 2.05) is 38.1 Å². The molecule has 0 bridgehead atoms. The molecule has 0 radical (unpaired) electrons. The standard InChI is InChI=1S/C19H13Br2ClINO3/c1-9(2)26-17-13(20)5-10(6-14(17)21)7-16-19(25)27-18(24-16)12-8-11(23)3-4-15(12)22/h3-9H,1-2H3/b16-7-. The lowest BCUT2D eigenvalue weighted by atomic mass is 10.2. The second-order valence-electron chi connectivity index (χ2n) is 5.94. The Bertz CT molecular complexity index is 966. The molecule has 0 saturated heterocycles. The molecule has 1 aliphatic heterocycles. The van der Waals surface area contributed by atoms with E-state index < -0.39 is 5.97 Å². The van der Waals surface area contributed by atoms with Crippen molar-refractivity contribution in [2.45, 2.75) is 20.0 Å². The summed E-state index contributed by atoms with van der Waals surface area (Å²) in [4.78, 5) is 16.6. The van der Waals surface area contributed by atoms with Crippen molar-refractivity contribution in [3.63, 3.8) is 0 Å². The van der Waals surface area contributed by atoms with E-state index in [0.29, 0.717) is 16.3 Å². The van der Waals surface area contributed by atoms with Crippen LogP contribution in [0.15, 0.2) is 50.0 Å². The number of nitrogens with zero attached hydrogens (tertiary/aromatic N) is 1. The molecule has 27 heavy (non-hydrogen) atoms. The summed E-state index contributed by atoms with van der Waals surface area (Å²) in [7, 11) is 0. The minimum Gasteiger partial charge on any atom is -0.489 e. The minimum atomic E-state index is -0.519. The van der Waals surface area contributed by atoms with E-state index in [9.17, 15) is 4.79 Å². The minimum absolute atomic E-state index is 0.0391. The average molecular weight is 625 g/mol. The van der Waals surface area contributed by atoms with Crippen LogP contribution in [0.3, 0.4) is 0 Å². The normalized spacial score (nSPS) is 15.3. The van der Waals surface area contributed by atoms with Crippen LogP contribution < -0.4 is 4.74 Å². The van der Waals surface area contributed by atoms with E-state index in [-0.39, 0.29) is 17.7 Å². The van der Waals surface area contributed by atoms with Crippen molar-refractivity contribution in [3.05, 3.63) is 64.7 Å². The van der Waals surface area contributed by atoms with E-state index in [1.54, 1.807) is 12.1 Å². The molecule has 3 rings (SSSR count). The third kappa shape index (κ3) is 4.93. The summed E-state index contributed by atoms with van der Waals surface area (Å²) in [5.41, 5.74) is 1.56. The van der Waals surface area contributed by atoms with Crippen LogP contribution in [0.5, 0.6) is 5.75 Å². The first-order valence-corrected chi connectivity index (χ1v) is 10.9. The molecule has 1 aliphatic rings. The lowest BCUT2D eigenvalue weighted by Crippen LogP contribution is -2.07. The molecule has 140 valence electrons. The van der Waals surface area contributed by atoms with Crippen molar-refractivity contribution in [1.82, 2.24) is 0 Å². The Kier molecular flexibility index (Phi) is 6.66. The van der Waals surface area contributed by atoms with Crippen molar-refractivity contribution in [3.8, 4) is 5.75 Å². The molecular formula is C19H13Br2ClINO3. The van der Waals surface area contributed by atoms with Crippen molar-refractivity contribution in [1.29, 1.82) is 0 Å². The Balaban J connectivity index is 1.96. The Morgan fingerprint density at radius 2 is 1.89 bits per heavy atom. The molecule has 0 amide bonds. The molecule has 0 fully saturated rings. The predicted octanol–water partition coefficient (Wildman–Crippen LogP) is 6.60. The zero-order valence-corrected chi connectivity index (χ0v) is 20.3. The van der Waals surface area contributed by atoms with Gasteiger partial charge in [0.15, 0.2) is 5.70 Å². The monoisotopic (exact) mass is 623 g/mol. The van der Waals surface area contributed by atoms with E-state index in [1.165, 1.54) is 0 Å². The Hall–Kier alpha value is -0.900. The van der Waals surface area contributed by atoms with Crippen LogP contribution in [0.1, 0.15) is 25.0 Å². The lowest BCUT2D eigenvalue weighted by molar-refractivity contribution is -0.129. The molecule has 0 saturated carbocycles. The van der Waals surface area contributed by atoms with Gasteiger partial charge in [-0.1, -0.05) is 11.6 Å². The van der Waals surface area contributed by atoms with Crippen molar-refractivity contribution in [2.24, 2.45) is 4.99 Å². The van der Waals surface area contributed by atoms with Crippen molar-refractivity contribution >= 4 is 84.0 Å². The molecule has 4 nitrogen and oxygen atoms in total. The van der Waals surface area contributed by atoms with Gasteiger partial charge in [0.05, 0.1) is 25.6 Å². The number of aliphatic imine (C=N–C) groups is 1. The molecular weight excluding hydrogens is 612 g/mol. The Labute approximate surface area is 192 Å². The summed E-state index contributed by atoms with van der Waals surface area (Å²) in [5.74, 6) is 0.387. The first-order chi connectivity index (χ1) is 12.7. The number of hydrogen-bond acceptors (Lipinski definition) is 4. The first kappa shape index (κ1) is 20.8. The average Bonchev–Trinajstić information content (AvgIpc) is 2.93. The summed E-state index contributed by atoms with van der Waals surface area (Å²) in [6.45, 7) is 3.91. The highest BCUT2D eigenvalue weighted by molar-refractivity contribution is 14.1. The number of rotatable bonds is 4. The fourth-order valence-electron chi connectivity index (χ4n) is 2.35. The van der Waals surface area contributed by atoms with Crippen LogP contribution >= 0.6 is 66.1 Å². The third-order valence-electron chi connectivity index (χ3n) is 3.46. The molecule has 0 unspecified atom stereocenters. The zero-order chi connectivity index (χ0) is 19.7. The van der Waals surface area contributed by atoms with Gasteiger partial charge in [-0.3, -0.25) is 0 Å². The second kappa shape index (κ2) is 8.63. The summed E-state index contributed by atoms with van der Waals surface area (Å²) in [5, 5.41) is 0.476. The number of halogens is 4. The maximum atomic E-state index is 12.2. The number of carbonyl (C=O) groups excluding carboxylic acids is 1. The second-order valence-corrected chi connectivity index (χ2v) is 9.30. The summed E-state index contributed by atoms with van der Waals surface area (Å²) >= 11 is 15.4. The fourth-order valence-corrected chi connectivity index (χ4v) is 4.45. The number of cyclic esters (lactones) is 1. The van der Waals surface area contributed by atoms with Gasteiger partial charge in [-0.05, 0) is 110 Å². The third-order valence-corrected chi connectivity index (χ3v) is 5.64. The zero-order valence-electron chi connectivity index (χ0n) is 14.2. The van der Waals surface area contributed by atoms with E-state index in [0.717, 1.165) is 18.1 Å². The topological polar surface area (TPSA) is 47.9 Å². The first-order valence-electron chi connectivity index (χ1n) is 7.88. The van der Waals surface area contributed by atoms with Gasteiger partial charge < -0.3 is 9.47 Å². The van der Waals surface area contributed by atoms with Crippen LogP contribution in [-0.4, -0.2) is 18.0 Å². The van der Waals surface area contributed by atoms with Gasteiger partial charge in [0.25, 0.3) is 0 Å². The molecule has 2 aromatic rings. The summed E-state index contributed by atoms with van der Waals surface area (Å²) in [6.07, 6.45) is 1.70. The van der Waals surface area contributed by atoms with Crippen LogP contribution in [-0.2, 0) is 9.53 Å². The lowest BCUT2D eigenvalue weighted by Gasteiger charge is -2.14. The molecule has 0 spiro atoms. The smallest absolute Gasteiger partial charge is 0.363 e. The molecule has 0 aliphatic carbocycles. The van der Waals surface area contributed by atoms with Crippen LogP contribution in [0.2, 0.25) is 5.02 Å². The SMILES string of the molecule is CC(C)Oc1c(Br)cc(/C=C2\N=C(c3cc(I)ccc3Cl)OC2=O)cc1Br. The van der Waals surface area contributed by atoms with E-state index in [2.05, 4.69) is 59.4 Å². The predicted molar refractivity (Wildman–Crippen MR) is 122 cm³/mol. The Morgan fingerprint density at radius 3 is 2.52 bits per heavy atom. The van der Waals surface area contributed by atoms with Crippen LogP contribution in [0.4, 0.5) is 0 Å². The quantitative estimate of drug-likeness (QED) is 0.219. The van der Waals surface area contributed by atoms with E-state index in [4.69, 9.17) is 21.1 Å². The highest BCUT2D eigenvalue weighted by Crippen LogP contribution is 2.36. The fraction of sp³-hybridized carbons (Fsp3) is 0.158. The van der Waals surface area contributed by atoms with Crippen molar-refractivity contribution < 1.29 is 14.3 Å². The Morgan fingerprint density at radius 1 is 1.22 bits per heavy atom. The molecule has 0 atom stereocenters. The van der Waals surface area contributed by atoms with Gasteiger partial charge in [0.2, 0.25) is 5.90 Å². The van der Waals surface area contributed by atoms with E-state index >= 15 is 0 Å². The molecule has 8 heteroatoms. The van der Waals surface area contributed by atoms with Gasteiger partial charge in [-0.15, -0.1) is 0 Å². The molecule has 0 N–H and O–H groups in total. The van der Waals surface area contributed by atoms with Gasteiger partial charge in [0.1, 0.15) is 5.75 Å². The summed E-state index contributed by atoms with van der Waals surface area (Å²) in [6, 6.07) is 9.15. The number of esters is 1. The molecule has 0 aromatic heterocycles. The van der Waals surface area contributed by atoms with Gasteiger partial charge in [0, 0.05) is 3.57 Å². The van der Waals surface area contributed by atoms with Crippen molar-refractivity contribution in [2.75, 3.05) is 0 Å². The number of ether oxygens (including phenoxy) is 2. The van der Waals surface area contributed by atoms with Crippen LogP contribution in [0, 0.1) is 3.57 Å². The highest BCUT2D eigenvalue weighted by Gasteiger charge is 2.26. The van der Waals surface area contributed by atoms with Gasteiger partial charge >= 0.3 is 5.97 Å². The maximum Gasteiger partial charge on any atom is 0.363 e. The largest absolute Gasteiger partial charge is 0.489 e. The summed E-state index contributed by atoms with van der Waals surface area (Å²) < 4.78 is 13.6. The van der Waals surface area contributed by atoms with Gasteiger partial charge in [-0.25, -0.2) is 9.79 Å². The van der Waals surface area contributed by atoms with Gasteiger partial charge in [-0.2, -0.15) is 0 Å². The maximum absolute atomic E-state index is 12.2.